The fraction of sp³-hybridized carbons (Fsp3) is 0.333. The maximum atomic E-state index is 12.3. The van der Waals surface area contributed by atoms with Crippen molar-refractivity contribution in [1.82, 2.24) is 10.0 Å². The number of carbonyl (C=O) groups is 1. The Balaban J connectivity index is 2.30. The number of nitrogens with zero attached hydrogens (tertiary/aromatic N) is 2. The van der Waals surface area contributed by atoms with E-state index in [9.17, 15) is 4.79 Å². The summed E-state index contributed by atoms with van der Waals surface area (Å²) in [5, 5.41) is 4.61. The van der Waals surface area contributed by atoms with E-state index in [1.54, 1.807) is 7.05 Å². The average molecular weight is 325 g/mol. The zero-order valence-corrected chi connectivity index (χ0v) is 14.0. The van der Waals surface area contributed by atoms with Crippen LogP contribution in [0.25, 0.3) is 11.3 Å². The van der Waals surface area contributed by atoms with Crippen molar-refractivity contribution in [3.63, 3.8) is 0 Å². The highest BCUT2D eigenvalue weighted by Crippen LogP contribution is 2.32. The predicted molar refractivity (Wildman–Crippen MR) is 85.4 cm³/mol. The molecule has 1 aromatic carbocycles. The first-order chi connectivity index (χ1) is 9.86. The summed E-state index contributed by atoms with van der Waals surface area (Å²) in [6.45, 7) is 3.69. The monoisotopic (exact) mass is 324 g/mol. The van der Waals surface area contributed by atoms with E-state index in [4.69, 9.17) is 16.4 Å². The number of rotatable bonds is 4. The fourth-order valence-electron chi connectivity index (χ4n) is 1.88. The Morgan fingerprint density at radius 1 is 1.33 bits per heavy atom. The molecule has 1 aromatic heterocycles. The number of thiazole rings is 1. The van der Waals surface area contributed by atoms with Crippen molar-refractivity contribution in [1.29, 1.82) is 0 Å². The predicted octanol–water partition coefficient (Wildman–Crippen LogP) is 3.76. The Hall–Kier alpha value is -1.43. The van der Waals surface area contributed by atoms with E-state index in [2.05, 4.69) is 4.98 Å². The molecule has 1 heterocycles. The van der Waals surface area contributed by atoms with E-state index < -0.39 is 5.41 Å². The minimum absolute atomic E-state index is 0.137. The van der Waals surface area contributed by atoms with Gasteiger partial charge in [0.05, 0.1) is 18.2 Å². The molecule has 0 aliphatic rings. The van der Waals surface area contributed by atoms with E-state index in [0.717, 1.165) is 16.3 Å². The molecule has 0 fully saturated rings. The second-order valence-electron chi connectivity index (χ2n) is 5.15. The van der Waals surface area contributed by atoms with Gasteiger partial charge in [0, 0.05) is 23.0 Å². The van der Waals surface area contributed by atoms with Crippen LogP contribution >= 0.6 is 22.9 Å². The first-order valence-electron chi connectivity index (χ1n) is 6.40. The van der Waals surface area contributed by atoms with Crippen molar-refractivity contribution in [3.8, 4) is 11.3 Å². The highest BCUT2D eigenvalue weighted by Gasteiger charge is 2.35. The summed E-state index contributed by atoms with van der Waals surface area (Å²) in [6, 6.07) is 7.48. The van der Waals surface area contributed by atoms with E-state index in [1.165, 1.54) is 23.5 Å². The van der Waals surface area contributed by atoms with Gasteiger partial charge in [-0.05, 0) is 26.0 Å². The topological polar surface area (TPSA) is 42.4 Å². The smallest absolute Gasteiger partial charge is 0.258 e. The van der Waals surface area contributed by atoms with Gasteiger partial charge in [0.1, 0.15) is 5.01 Å². The Labute approximate surface area is 133 Å². The van der Waals surface area contributed by atoms with Crippen LogP contribution in [0.1, 0.15) is 18.9 Å². The van der Waals surface area contributed by atoms with Crippen molar-refractivity contribution in [3.05, 3.63) is 39.7 Å². The quantitative estimate of drug-likeness (QED) is 0.804. The van der Waals surface area contributed by atoms with Crippen molar-refractivity contribution >= 4 is 28.8 Å². The summed E-state index contributed by atoms with van der Waals surface area (Å²) < 4.78 is 0. The fourth-order valence-corrected chi connectivity index (χ4v) is 2.95. The third-order valence-electron chi connectivity index (χ3n) is 3.27. The molecule has 0 atom stereocenters. The summed E-state index contributed by atoms with van der Waals surface area (Å²) in [5.41, 5.74) is 1.08. The minimum Gasteiger partial charge on any atom is -0.275 e. The van der Waals surface area contributed by atoms with Gasteiger partial charge >= 0.3 is 0 Å². The number of hydrogen-bond donors (Lipinski definition) is 0. The van der Waals surface area contributed by atoms with Gasteiger partial charge in [0.15, 0.2) is 0 Å². The van der Waals surface area contributed by atoms with Gasteiger partial charge < -0.3 is 0 Å². The van der Waals surface area contributed by atoms with Gasteiger partial charge in [-0.3, -0.25) is 9.63 Å². The molecule has 0 N–H and O–H groups in total. The van der Waals surface area contributed by atoms with Crippen LogP contribution in [0.5, 0.6) is 0 Å². The van der Waals surface area contributed by atoms with E-state index in [-0.39, 0.29) is 5.91 Å². The second-order valence-corrected chi connectivity index (χ2v) is 6.45. The van der Waals surface area contributed by atoms with E-state index >= 15 is 0 Å². The van der Waals surface area contributed by atoms with Crippen LogP contribution in [0.15, 0.2) is 29.6 Å². The lowest BCUT2D eigenvalue weighted by Crippen LogP contribution is -2.40. The maximum absolute atomic E-state index is 12.3. The number of likely N-dealkylation sites (N-methyl/N-ethyl adjacent to an activating group) is 1. The Morgan fingerprint density at radius 3 is 2.52 bits per heavy atom. The molecule has 0 saturated carbocycles. The Kier molecular flexibility index (Phi) is 4.66. The van der Waals surface area contributed by atoms with Crippen molar-refractivity contribution < 1.29 is 9.63 Å². The van der Waals surface area contributed by atoms with Crippen LogP contribution in [0.4, 0.5) is 0 Å². The maximum Gasteiger partial charge on any atom is 0.258 e. The number of carbonyl (C=O) groups excluding carboxylic acids is 1. The number of benzene rings is 1. The normalized spacial score (nSPS) is 11.5. The molecule has 6 heteroatoms. The first-order valence-corrected chi connectivity index (χ1v) is 7.66. The lowest BCUT2D eigenvalue weighted by molar-refractivity contribution is -0.174. The number of amides is 1. The molecular formula is C15H17ClN2O2S. The second kappa shape index (κ2) is 6.13. The molecule has 2 rings (SSSR count). The molecule has 4 nitrogen and oxygen atoms in total. The van der Waals surface area contributed by atoms with Crippen molar-refractivity contribution in [2.45, 2.75) is 19.3 Å². The lowest BCUT2D eigenvalue weighted by Gasteiger charge is -2.25. The van der Waals surface area contributed by atoms with Gasteiger partial charge in [-0.15, -0.1) is 11.3 Å². The third-order valence-corrected chi connectivity index (χ3v) is 4.69. The molecule has 0 unspecified atom stereocenters. The molecule has 0 aliphatic heterocycles. The van der Waals surface area contributed by atoms with Crippen LogP contribution in [-0.2, 0) is 15.0 Å². The molecule has 0 radical (unpaired) electrons. The standard InChI is InChI=1S/C15H17ClN2O2S/c1-15(2,14(19)18(3)20-4)13-17-12(9-21-13)10-5-7-11(16)8-6-10/h5-9H,1-4H3. The summed E-state index contributed by atoms with van der Waals surface area (Å²) >= 11 is 7.35. The van der Waals surface area contributed by atoms with E-state index in [0.29, 0.717) is 5.02 Å². The van der Waals surface area contributed by atoms with Crippen molar-refractivity contribution in [2.75, 3.05) is 14.2 Å². The molecule has 2 aromatic rings. The summed E-state index contributed by atoms with van der Waals surface area (Å²) in [4.78, 5) is 21.9. The molecule has 0 saturated heterocycles. The van der Waals surface area contributed by atoms with Gasteiger partial charge in [0.2, 0.25) is 0 Å². The number of hydrogen-bond acceptors (Lipinski definition) is 4. The molecule has 1 amide bonds. The van der Waals surface area contributed by atoms with Crippen LogP contribution < -0.4 is 0 Å². The summed E-state index contributed by atoms with van der Waals surface area (Å²) in [5.74, 6) is -0.137. The summed E-state index contributed by atoms with van der Waals surface area (Å²) in [6.07, 6.45) is 0. The highest BCUT2D eigenvalue weighted by atomic mass is 35.5. The molecule has 0 spiro atoms. The number of aromatic nitrogens is 1. The van der Waals surface area contributed by atoms with Gasteiger partial charge in [-0.1, -0.05) is 23.7 Å². The SMILES string of the molecule is CON(C)C(=O)C(C)(C)c1nc(-c2ccc(Cl)cc2)cs1. The minimum atomic E-state index is -0.736. The largest absolute Gasteiger partial charge is 0.275 e. The number of halogens is 1. The van der Waals surface area contributed by atoms with Gasteiger partial charge in [-0.25, -0.2) is 10.0 Å². The highest BCUT2D eigenvalue weighted by molar-refractivity contribution is 7.10. The average Bonchev–Trinajstić information content (AvgIpc) is 2.97. The van der Waals surface area contributed by atoms with Gasteiger partial charge in [-0.2, -0.15) is 0 Å². The molecule has 21 heavy (non-hydrogen) atoms. The Bertz CT molecular complexity index is 637. The van der Waals surface area contributed by atoms with Crippen molar-refractivity contribution in [2.24, 2.45) is 0 Å². The van der Waals surface area contributed by atoms with Crippen LogP contribution in [0.3, 0.4) is 0 Å². The zero-order valence-electron chi connectivity index (χ0n) is 12.4. The lowest BCUT2D eigenvalue weighted by atomic mass is 9.93. The third kappa shape index (κ3) is 3.26. The molecular weight excluding hydrogens is 308 g/mol. The van der Waals surface area contributed by atoms with E-state index in [1.807, 2.05) is 43.5 Å². The number of hydroxylamine groups is 2. The molecule has 0 aliphatic carbocycles. The first kappa shape index (κ1) is 15.9. The molecule has 0 bridgehead atoms. The van der Waals surface area contributed by atoms with Crippen LogP contribution in [-0.4, -0.2) is 30.1 Å². The Morgan fingerprint density at radius 2 is 1.95 bits per heavy atom. The van der Waals surface area contributed by atoms with Crippen LogP contribution in [0, 0.1) is 0 Å². The van der Waals surface area contributed by atoms with Gasteiger partial charge in [0.25, 0.3) is 5.91 Å². The zero-order chi connectivity index (χ0) is 15.6. The summed E-state index contributed by atoms with van der Waals surface area (Å²) in [7, 11) is 3.06. The van der Waals surface area contributed by atoms with Crippen LogP contribution in [0.2, 0.25) is 5.02 Å². The molecule has 112 valence electrons.